The summed E-state index contributed by atoms with van der Waals surface area (Å²) in [7, 11) is 1.58. The van der Waals surface area contributed by atoms with Crippen LogP contribution in [0, 0.1) is 6.92 Å². The zero-order valence-corrected chi connectivity index (χ0v) is 13.1. The van der Waals surface area contributed by atoms with Crippen LogP contribution in [0.3, 0.4) is 0 Å². The fourth-order valence-electron chi connectivity index (χ4n) is 2.12. The number of rotatable bonds is 6. The zero-order chi connectivity index (χ0) is 15.9. The van der Waals surface area contributed by atoms with Crippen molar-refractivity contribution in [1.29, 1.82) is 0 Å². The second-order valence-electron chi connectivity index (χ2n) is 4.97. The molecule has 1 amide bonds. The van der Waals surface area contributed by atoms with Crippen LogP contribution in [-0.4, -0.2) is 19.1 Å². The van der Waals surface area contributed by atoms with Gasteiger partial charge in [-0.25, -0.2) is 0 Å². The summed E-state index contributed by atoms with van der Waals surface area (Å²) in [5.74, 6) is 1.02. The topological polar surface area (TPSA) is 47.6 Å². The minimum atomic E-state index is -0.573. The number of anilines is 1. The predicted molar refractivity (Wildman–Crippen MR) is 87.5 cm³/mol. The molecule has 22 heavy (non-hydrogen) atoms. The van der Waals surface area contributed by atoms with Crippen LogP contribution in [0.5, 0.6) is 11.5 Å². The number of nitrogens with one attached hydrogen (secondary N) is 1. The molecule has 0 radical (unpaired) electrons. The average Bonchev–Trinajstić information content (AvgIpc) is 2.55. The van der Waals surface area contributed by atoms with Crippen molar-refractivity contribution in [2.24, 2.45) is 0 Å². The van der Waals surface area contributed by atoms with Crippen molar-refractivity contribution in [3.63, 3.8) is 0 Å². The van der Waals surface area contributed by atoms with Crippen molar-refractivity contribution in [3.8, 4) is 11.5 Å². The van der Waals surface area contributed by atoms with Crippen LogP contribution in [-0.2, 0) is 4.79 Å². The lowest BCUT2D eigenvalue weighted by Gasteiger charge is -2.19. The van der Waals surface area contributed by atoms with E-state index in [1.165, 1.54) is 0 Å². The van der Waals surface area contributed by atoms with E-state index in [1.807, 2.05) is 50.2 Å². The van der Waals surface area contributed by atoms with Gasteiger partial charge in [-0.1, -0.05) is 37.3 Å². The maximum Gasteiger partial charge on any atom is 0.265 e. The smallest absolute Gasteiger partial charge is 0.265 e. The van der Waals surface area contributed by atoms with E-state index in [-0.39, 0.29) is 5.91 Å². The Balaban J connectivity index is 2.11. The zero-order valence-electron chi connectivity index (χ0n) is 13.1. The van der Waals surface area contributed by atoms with Gasteiger partial charge in [0.1, 0.15) is 0 Å². The van der Waals surface area contributed by atoms with E-state index in [2.05, 4.69) is 5.32 Å². The Morgan fingerprint density at radius 1 is 1.09 bits per heavy atom. The second kappa shape index (κ2) is 7.50. The Labute approximate surface area is 131 Å². The predicted octanol–water partition coefficient (Wildman–Crippen LogP) is 3.80. The van der Waals surface area contributed by atoms with Crippen molar-refractivity contribution in [2.75, 3.05) is 12.4 Å². The third-order valence-electron chi connectivity index (χ3n) is 3.40. The van der Waals surface area contributed by atoms with Crippen molar-refractivity contribution in [1.82, 2.24) is 0 Å². The molecular formula is C18H21NO3. The first kappa shape index (κ1) is 15.9. The number of carbonyl (C=O) groups excluding carboxylic acids is 1. The van der Waals surface area contributed by atoms with E-state index in [1.54, 1.807) is 19.2 Å². The number of hydrogen-bond donors (Lipinski definition) is 1. The molecular weight excluding hydrogens is 278 g/mol. The molecule has 116 valence electrons. The number of ether oxygens (including phenoxy) is 2. The van der Waals surface area contributed by atoms with Crippen LogP contribution >= 0.6 is 0 Å². The highest BCUT2D eigenvalue weighted by molar-refractivity contribution is 5.95. The molecule has 4 heteroatoms. The van der Waals surface area contributed by atoms with Gasteiger partial charge in [0, 0.05) is 5.69 Å². The summed E-state index contributed by atoms with van der Waals surface area (Å²) in [5.41, 5.74) is 1.82. The third-order valence-corrected chi connectivity index (χ3v) is 3.40. The van der Waals surface area contributed by atoms with Crippen LogP contribution in [0.15, 0.2) is 48.5 Å². The minimum absolute atomic E-state index is 0.164. The molecule has 2 rings (SSSR count). The van der Waals surface area contributed by atoms with E-state index in [9.17, 15) is 4.79 Å². The number of amides is 1. The molecule has 2 aromatic carbocycles. The molecule has 1 unspecified atom stereocenters. The molecule has 2 aromatic rings. The van der Waals surface area contributed by atoms with Crippen LogP contribution in [0.1, 0.15) is 18.9 Å². The van der Waals surface area contributed by atoms with Gasteiger partial charge in [-0.2, -0.15) is 0 Å². The molecule has 1 atom stereocenters. The summed E-state index contributed by atoms with van der Waals surface area (Å²) in [6, 6.07) is 15.0. The normalized spacial score (nSPS) is 11.6. The van der Waals surface area contributed by atoms with Crippen molar-refractivity contribution in [2.45, 2.75) is 26.4 Å². The first-order valence-corrected chi connectivity index (χ1v) is 7.32. The average molecular weight is 299 g/mol. The quantitative estimate of drug-likeness (QED) is 0.882. The summed E-state index contributed by atoms with van der Waals surface area (Å²) >= 11 is 0. The summed E-state index contributed by atoms with van der Waals surface area (Å²) in [5, 5.41) is 2.91. The molecule has 0 saturated heterocycles. The lowest BCUT2D eigenvalue weighted by molar-refractivity contribution is -0.122. The van der Waals surface area contributed by atoms with Gasteiger partial charge in [-0.05, 0) is 37.1 Å². The Bertz CT molecular complexity index is 640. The molecule has 0 saturated carbocycles. The number of hydrogen-bond acceptors (Lipinski definition) is 3. The van der Waals surface area contributed by atoms with Gasteiger partial charge in [0.05, 0.1) is 7.11 Å². The monoisotopic (exact) mass is 299 g/mol. The minimum Gasteiger partial charge on any atom is -0.493 e. The third kappa shape index (κ3) is 3.79. The lowest BCUT2D eigenvalue weighted by Crippen LogP contribution is -2.32. The molecule has 0 aliphatic rings. The molecule has 0 aliphatic carbocycles. The molecule has 0 bridgehead atoms. The van der Waals surface area contributed by atoms with Crippen molar-refractivity contribution < 1.29 is 14.3 Å². The summed E-state index contributed by atoms with van der Waals surface area (Å²) in [6.07, 6.45) is -0.00799. The molecule has 0 aromatic heterocycles. The van der Waals surface area contributed by atoms with Crippen LogP contribution < -0.4 is 14.8 Å². The first-order valence-electron chi connectivity index (χ1n) is 7.32. The fraction of sp³-hybridized carbons (Fsp3) is 0.278. The molecule has 0 heterocycles. The highest BCUT2D eigenvalue weighted by Gasteiger charge is 2.20. The van der Waals surface area contributed by atoms with E-state index in [0.717, 1.165) is 11.3 Å². The molecule has 4 nitrogen and oxygen atoms in total. The second-order valence-corrected chi connectivity index (χ2v) is 4.97. The first-order chi connectivity index (χ1) is 10.7. The van der Waals surface area contributed by atoms with E-state index >= 15 is 0 Å². The van der Waals surface area contributed by atoms with Gasteiger partial charge in [0.2, 0.25) is 0 Å². The fourth-order valence-corrected chi connectivity index (χ4v) is 2.12. The van der Waals surface area contributed by atoms with Gasteiger partial charge in [-0.3, -0.25) is 4.79 Å². The van der Waals surface area contributed by atoms with Gasteiger partial charge >= 0.3 is 0 Å². The van der Waals surface area contributed by atoms with Gasteiger partial charge in [0.15, 0.2) is 17.6 Å². The Morgan fingerprint density at radius 3 is 2.36 bits per heavy atom. The number of methoxy groups -OCH3 is 1. The van der Waals surface area contributed by atoms with E-state index in [4.69, 9.17) is 9.47 Å². The van der Waals surface area contributed by atoms with Gasteiger partial charge in [0.25, 0.3) is 5.91 Å². The summed E-state index contributed by atoms with van der Waals surface area (Å²) in [6.45, 7) is 3.87. The SMILES string of the molecule is CCC(Oc1ccccc1OC)C(=O)Nc1ccccc1C. The molecule has 1 N–H and O–H groups in total. The van der Waals surface area contributed by atoms with Crippen LogP contribution in [0.4, 0.5) is 5.69 Å². The van der Waals surface area contributed by atoms with E-state index in [0.29, 0.717) is 17.9 Å². The molecule has 0 spiro atoms. The Morgan fingerprint density at radius 2 is 1.73 bits per heavy atom. The van der Waals surface area contributed by atoms with E-state index < -0.39 is 6.10 Å². The maximum atomic E-state index is 12.4. The van der Waals surface area contributed by atoms with Gasteiger partial charge in [-0.15, -0.1) is 0 Å². The number of para-hydroxylation sites is 3. The van der Waals surface area contributed by atoms with Gasteiger partial charge < -0.3 is 14.8 Å². The van der Waals surface area contributed by atoms with Crippen LogP contribution in [0.25, 0.3) is 0 Å². The lowest BCUT2D eigenvalue weighted by atomic mass is 10.2. The highest BCUT2D eigenvalue weighted by Crippen LogP contribution is 2.27. The molecule has 0 fully saturated rings. The Kier molecular flexibility index (Phi) is 5.42. The van der Waals surface area contributed by atoms with Crippen LogP contribution in [0.2, 0.25) is 0 Å². The number of aryl methyl sites for hydroxylation is 1. The largest absolute Gasteiger partial charge is 0.493 e. The van der Waals surface area contributed by atoms with Crippen molar-refractivity contribution in [3.05, 3.63) is 54.1 Å². The highest BCUT2D eigenvalue weighted by atomic mass is 16.5. The maximum absolute atomic E-state index is 12.4. The number of carbonyl (C=O) groups is 1. The molecule has 0 aliphatic heterocycles. The number of benzene rings is 2. The summed E-state index contributed by atoms with van der Waals surface area (Å²) in [4.78, 5) is 12.4. The Hall–Kier alpha value is -2.49. The standard InChI is InChI=1S/C18H21NO3/c1-4-15(22-17-12-8-7-11-16(17)21-3)18(20)19-14-10-6-5-9-13(14)2/h5-12,15H,4H2,1-3H3,(H,19,20). The van der Waals surface area contributed by atoms with Crippen molar-refractivity contribution >= 4 is 11.6 Å². The summed E-state index contributed by atoms with van der Waals surface area (Å²) < 4.78 is 11.1.